The Morgan fingerprint density at radius 2 is 2.19 bits per heavy atom. The molecule has 3 rings (SSSR count). The lowest BCUT2D eigenvalue weighted by Crippen LogP contribution is -2.41. The number of aromatic nitrogens is 1. The molecule has 0 saturated heterocycles. The van der Waals surface area contributed by atoms with Crippen molar-refractivity contribution in [3.05, 3.63) is 53.7 Å². The third kappa shape index (κ3) is 4.14. The Bertz CT molecular complexity index is 776. The summed E-state index contributed by atoms with van der Waals surface area (Å²) in [4.78, 5) is 15.8. The maximum atomic E-state index is 11.4. The summed E-state index contributed by atoms with van der Waals surface area (Å²) in [6, 6.07) is 12.1. The van der Waals surface area contributed by atoms with E-state index in [-0.39, 0.29) is 6.04 Å². The van der Waals surface area contributed by atoms with Gasteiger partial charge < -0.3 is 21.1 Å². The van der Waals surface area contributed by atoms with Crippen LogP contribution in [0.1, 0.15) is 25.0 Å². The normalized spacial score (nSPS) is 16.3. The minimum absolute atomic E-state index is 0.287. The molecular weight excluding hydrogens is 328 g/mol. The van der Waals surface area contributed by atoms with Crippen molar-refractivity contribution in [1.82, 2.24) is 10.3 Å². The fraction of sp³-hybridized carbons (Fsp3) is 0.400. The zero-order valence-electron chi connectivity index (χ0n) is 15.2. The van der Waals surface area contributed by atoms with Crippen molar-refractivity contribution >= 4 is 17.5 Å². The maximum absolute atomic E-state index is 11.4. The molecule has 0 radical (unpaired) electrons. The summed E-state index contributed by atoms with van der Waals surface area (Å²) in [6.07, 6.45) is 2.65. The van der Waals surface area contributed by atoms with E-state index in [0.29, 0.717) is 0 Å². The predicted octanol–water partition coefficient (Wildman–Crippen LogP) is 2.48. The zero-order chi connectivity index (χ0) is 18.6. The van der Waals surface area contributed by atoms with Crippen LogP contribution in [0, 0.1) is 0 Å². The van der Waals surface area contributed by atoms with Gasteiger partial charge in [0, 0.05) is 19.3 Å². The molecule has 0 amide bonds. The van der Waals surface area contributed by atoms with Crippen molar-refractivity contribution in [1.29, 1.82) is 0 Å². The molecule has 0 aliphatic carbocycles. The van der Waals surface area contributed by atoms with Gasteiger partial charge in [-0.3, -0.25) is 4.79 Å². The first kappa shape index (κ1) is 18.2. The second kappa shape index (κ2) is 7.74. The zero-order valence-corrected chi connectivity index (χ0v) is 15.2. The summed E-state index contributed by atoms with van der Waals surface area (Å²) in [6.45, 7) is 6.00. The molecule has 1 aromatic carbocycles. The molecular formula is C20H26N4O2. The number of hydrogen-bond donors (Lipinski definition) is 4. The fourth-order valence-electron chi connectivity index (χ4n) is 3.01. The van der Waals surface area contributed by atoms with Gasteiger partial charge >= 0.3 is 5.97 Å². The van der Waals surface area contributed by atoms with Crippen molar-refractivity contribution in [3.63, 3.8) is 0 Å². The Morgan fingerprint density at radius 1 is 1.35 bits per heavy atom. The smallest absolute Gasteiger partial charge is 0.313 e. The minimum Gasteiger partial charge on any atom is -0.481 e. The van der Waals surface area contributed by atoms with Gasteiger partial charge in [0.05, 0.1) is 17.1 Å². The molecule has 2 heterocycles. The quantitative estimate of drug-likeness (QED) is 0.572. The number of rotatable bonds is 7. The molecule has 1 aromatic heterocycles. The van der Waals surface area contributed by atoms with Gasteiger partial charge in [-0.1, -0.05) is 24.3 Å². The highest BCUT2D eigenvalue weighted by atomic mass is 16.4. The van der Waals surface area contributed by atoms with Crippen LogP contribution in [-0.4, -0.2) is 41.7 Å². The number of pyridine rings is 1. The van der Waals surface area contributed by atoms with E-state index in [0.717, 1.165) is 48.7 Å². The van der Waals surface area contributed by atoms with Gasteiger partial charge in [-0.25, -0.2) is 4.98 Å². The van der Waals surface area contributed by atoms with Crippen molar-refractivity contribution in [2.45, 2.75) is 31.7 Å². The number of benzene rings is 1. The molecule has 1 aliphatic heterocycles. The summed E-state index contributed by atoms with van der Waals surface area (Å²) >= 11 is 0. The van der Waals surface area contributed by atoms with Crippen molar-refractivity contribution in [2.24, 2.45) is 0 Å². The van der Waals surface area contributed by atoms with Crippen LogP contribution in [0.5, 0.6) is 0 Å². The first-order valence-electron chi connectivity index (χ1n) is 8.96. The SMILES string of the molecule is CC(C)(C(=O)O)c1cccc(CCNC[C@H]2CNc3cccnc3N2)c1. The van der Waals surface area contributed by atoms with Gasteiger partial charge in [0.15, 0.2) is 0 Å². The van der Waals surface area contributed by atoms with E-state index in [4.69, 9.17) is 0 Å². The van der Waals surface area contributed by atoms with Crippen LogP contribution in [0.2, 0.25) is 0 Å². The first-order valence-corrected chi connectivity index (χ1v) is 8.96. The number of hydrogen-bond acceptors (Lipinski definition) is 5. The molecule has 2 aromatic rings. The number of anilines is 2. The van der Waals surface area contributed by atoms with Gasteiger partial charge in [0.2, 0.25) is 0 Å². The summed E-state index contributed by atoms with van der Waals surface area (Å²) in [5.74, 6) is 0.0895. The van der Waals surface area contributed by atoms with Crippen LogP contribution in [0.25, 0.3) is 0 Å². The van der Waals surface area contributed by atoms with Crippen molar-refractivity contribution in [3.8, 4) is 0 Å². The Balaban J connectivity index is 1.48. The lowest BCUT2D eigenvalue weighted by molar-refractivity contribution is -0.142. The van der Waals surface area contributed by atoms with Gasteiger partial charge in [-0.05, 0) is 50.1 Å². The summed E-state index contributed by atoms with van der Waals surface area (Å²) in [5.41, 5.74) is 2.15. The number of fused-ring (bicyclic) bond motifs is 1. The molecule has 26 heavy (non-hydrogen) atoms. The third-order valence-corrected chi connectivity index (χ3v) is 4.85. The second-order valence-electron chi connectivity index (χ2n) is 7.21. The molecule has 138 valence electrons. The highest BCUT2D eigenvalue weighted by Gasteiger charge is 2.29. The van der Waals surface area contributed by atoms with E-state index in [1.807, 2.05) is 36.4 Å². The molecule has 1 atom stereocenters. The van der Waals surface area contributed by atoms with Gasteiger partial charge in [0.25, 0.3) is 0 Å². The van der Waals surface area contributed by atoms with Crippen molar-refractivity contribution < 1.29 is 9.90 Å². The summed E-state index contributed by atoms with van der Waals surface area (Å²) in [7, 11) is 0. The van der Waals surface area contributed by atoms with Gasteiger partial charge in [-0.15, -0.1) is 0 Å². The average molecular weight is 354 g/mol. The van der Waals surface area contributed by atoms with Crippen LogP contribution in [0.15, 0.2) is 42.6 Å². The number of nitrogens with one attached hydrogen (secondary N) is 3. The highest BCUT2D eigenvalue weighted by Crippen LogP contribution is 2.24. The summed E-state index contributed by atoms with van der Waals surface area (Å²) in [5, 5.41) is 19.7. The Morgan fingerprint density at radius 3 is 3.00 bits per heavy atom. The van der Waals surface area contributed by atoms with Crippen LogP contribution in [-0.2, 0) is 16.6 Å². The first-order chi connectivity index (χ1) is 12.5. The topological polar surface area (TPSA) is 86.3 Å². The van der Waals surface area contributed by atoms with Gasteiger partial charge in [-0.2, -0.15) is 0 Å². The molecule has 1 aliphatic rings. The van der Waals surface area contributed by atoms with E-state index >= 15 is 0 Å². The van der Waals surface area contributed by atoms with E-state index in [9.17, 15) is 9.90 Å². The Kier molecular flexibility index (Phi) is 5.42. The molecule has 0 unspecified atom stereocenters. The number of aliphatic carboxylic acids is 1. The molecule has 0 saturated carbocycles. The Hall–Kier alpha value is -2.60. The van der Waals surface area contributed by atoms with E-state index in [1.54, 1.807) is 20.0 Å². The van der Waals surface area contributed by atoms with E-state index in [2.05, 4.69) is 20.9 Å². The molecule has 0 spiro atoms. The number of carboxylic acids is 1. The third-order valence-electron chi connectivity index (χ3n) is 4.85. The minimum atomic E-state index is -0.873. The van der Waals surface area contributed by atoms with Gasteiger partial charge in [0.1, 0.15) is 5.82 Å². The second-order valence-corrected chi connectivity index (χ2v) is 7.21. The monoisotopic (exact) mass is 354 g/mol. The van der Waals surface area contributed by atoms with E-state index < -0.39 is 11.4 Å². The lowest BCUT2D eigenvalue weighted by atomic mass is 9.84. The molecule has 0 fully saturated rings. The van der Waals surface area contributed by atoms with Crippen LogP contribution < -0.4 is 16.0 Å². The van der Waals surface area contributed by atoms with Crippen molar-refractivity contribution in [2.75, 3.05) is 30.3 Å². The van der Waals surface area contributed by atoms with Crippen LogP contribution in [0.4, 0.5) is 11.5 Å². The van der Waals surface area contributed by atoms with Crippen LogP contribution >= 0.6 is 0 Å². The van der Waals surface area contributed by atoms with E-state index in [1.165, 1.54) is 0 Å². The van der Waals surface area contributed by atoms with Crippen LogP contribution in [0.3, 0.4) is 0 Å². The molecule has 6 nitrogen and oxygen atoms in total. The number of nitrogens with zero attached hydrogens (tertiary/aromatic N) is 1. The molecule has 6 heteroatoms. The highest BCUT2D eigenvalue weighted by molar-refractivity contribution is 5.80. The standard InChI is InChI=1S/C20H26N4O2/c1-20(2,19(25)26)15-6-3-5-14(11-15)8-10-21-12-16-13-23-17-7-4-9-22-18(17)24-16/h3-7,9,11,16,21,23H,8,10,12-13H2,1-2H3,(H,22,24)(H,25,26)/t16-/m0/s1. The predicted molar refractivity (Wildman–Crippen MR) is 104 cm³/mol. The average Bonchev–Trinajstić information content (AvgIpc) is 2.65. The largest absolute Gasteiger partial charge is 0.481 e. The Labute approximate surface area is 154 Å². The lowest BCUT2D eigenvalue weighted by Gasteiger charge is -2.27. The maximum Gasteiger partial charge on any atom is 0.313 e. The fourth-order valence-corrected chi connectivity index (χ4v) is 3.01. The number of carboxylic acid groups (broad SMARTS) is 1. The molecule has 0 bridgehead atoms. The summed E-state index contributed by atoms with van der Waals surface area (Å²) < 4.78 is 0. The number of carbonyl (C=O) groups is 1. The molecule has 4 N–H and O–H groups in total.